The van der Waals surface area contributed by atoms with Crippen LogP contribution in [-0.2, 0) is 0 Å². The number of hydrogen-bond donors (Lipinski definition) is 1. The van der Waals surface area contributed by atoms with Crippen molar-refractivity contribution in [2.45, 2.75) is 6.10 Å². The van der Waals surface area contributed by atoms with Crippen LogP contribution in [0.15, 0.2) is 63.6 Å². The summed E-state index contributed by atoms with van der Waals surface area (Å²) >= 11 is 6.76. The lowest BCUT2D eigenvalue weighted by atomic mass is 10.1. The molecule has 0 amide bonds. The van der Waals surface area contributed by atoms with Gasteiger partial charge in [-0.05, 0) is 35.4 Å². The van der Waals surface area contributed by atoms with Crippen LogP contribution in [0, 0.1) is 0 Å². The molecule has 0 aromatic heterocycles. The lowest BCUT2D eigenvalue weighted by Gasteiger charge is -2.05. The van der Waals surface area contributed by atoms with Gasteiger partial charge in [0.25, 0.3) is 0 Å². The zero-order valence-electron chi connectivity index (χ0n) is 9.55. The molecule has 2 rings (SSSR count). The quantitative estimate of drug-likeness (QED) is 0.812. The van der Waals surface area contributed by atoms with Crippen LogP contribution in [0.1, 0.15) is 17.2 Å². The Morgan fingerprint density at radius 3 is 1.89 bits per heavy atom. The summed E-state index contributed by atoms with van der Waals surface area (Å²) in [6.07, 6.45) is 3.12. The first kappa shape index (κ1) is 13.5. The van der Waals surface area contributed by atoms with Gasteiger partial charge >= 0.3 is 0 Å². The van der Waals surface area contributed by atoms with E-state index in [1.807, 2.05) is 54.6 Å². The van der Waals surface area contributed by atoms with Crippen LogP contribution in [0.3, 0.4) is 0 Å². The fourth-order valence-electron chi connectivity index (χ4n) is 1.55. The van der Waals surface area contributed by atoms with Gasteiger partial charge in [-0.1, -0.05) is 68.3 Å². The van der Waals surface area contributed by atoms with Crippen LogP contribution in [0.4, 0.5) is 0 Å². The van der Waals surface area contributed by atoms with Crippen molar-refractivity contribution in [1.82, 2.24) is 0 Å². The zero-order valence-corrected chi connectivity index (χ0v) is 12.7. The standard InChI is InChI=1S/C15H12Br2O/c16-13-6-1-11(2-7-13)3-10-15(18)12-4-8-14(17)9-5-12/h1-10,15,18H/b10-3+. The summed E-state index contributed by atoms with van der Waals surface area (Å²) in [5.41, 5.74) is 1.95. The van der Waals surface area contributed by atoms with E-state index in [1.165, 1.54) is 0 Å². The monoisotopic (exact) mass is 366 g/mol. The van der Waals surface area contributed by atoms with E-state index < -0.39 is 6.10 Å². The van der Waals surface area contributed by atoms with Crippen LogP contribution in [-0.4, -0.2) is 5.11 Å². The van der Waals surface area contributed by atoms with Crippen molar-refractivity contribution in [2.75, 3.05) is 0 Å². The van der Waals surface area contributed by atoms with E-state index in [1.54, 1.807) is 6.08 Å². The number of benzene rings is 2. The molecular weight excluding hydrogens is 356 g/mol. The Morgan fingerprint density at radius 1 is 0.833 bits per heavy atom. The summed E-state index contributed by atoms with van der Waals surface area (Å²) in [5, 5.41) is 10.0. The molecule has 1 N–H and O–H groups in total. The molecule has 2 aromatic carbocycles. The predicted octanol–water partition coefficient (Wildman–Crippen LogP) is 4.96. The molecule has 0 radical (unpaired) electrons. The minimum Gasteiger partial charge on any atom is -0.384 e. The van der Waals surface area contributed by atoms with E-state index in [2.05, 4.69) is 31.9 Å². The van der Waals surface area contributed by atoms with Crippen molar-refractivity contribution in [3.05, 3.63) is 74.7 Å². The topological polar surface area (TPSA) is 20.2 Å². The number of hydrogen-bond acceptors (Lipinski definition) is 1. The molecule has 1 atom stereocenters. The molecular formula is C15H12Br2O. The molecule has 0 aliphatic carbocycles. The van der Waals surface area contributed by atoms with Crippen molar-refractivity contribution < 1.29 is 5.11 Å². The molecule has 0 saturated carbocycles. The minimum atomic E-state index is -0.582. The number of rotatable bonds is 3. The Bertz CT molecular complexity index is 529. The third kappa shape index (κ3) is 3.80. The van der Waals surface area contributed by atoms with E-state index in [-0.39, 0.29) is 0 Å². The van der Waals surface area contributed by atoms with E-state index in [0.717, 1.165) is 20.1 Å². The highest BCUT2D eigenvalue weighted by Gasteiger charge is 2.02. The summed E-state index contributed by atoms with van der Waals surface area (Å²) in [5.74, 6) is 0. The highest BCUT2D eigenvalue weighted by atomic mass is 79.9. The van der Waals surface area contributed by atoms with Gasteiger partial charge in [0.1, 0.15) is 0 Å². The van der Waals surface area contributed by atoms with Gasteiger partial charge in [-0.15, -0.1) is 0 Å². The van der Waals surface area contributed by atoms with Crippen LogP contribution in [0.25, 0.3) is 6.08 Å². The van der Waals surface area contributed by atoms with Crippen LogP contribution < -0.4 is 0 Å². The SMILES string of the molecule is OC(/C=C/c1ccc(Br)cc1)c1ccc(Br)cc1. The molecule has 2 aromatic rings. The summed E-state index contributed by atoms with van der Waals surface area (Å²) in [7, 11) is 0. The van der Waals surface area contributed by atoms with Crippen LogP contribution in [0.2, 0.25) is 0 Å². The maximum atomic E-state index is 10.0. The fourth-order valence-corrected chi connectivity index (χ4v) is 2.08. The smallest absolute Gasteiger partial charge is 0.0975 e. The second-order valence-electron chi connectivity index (χ2n) is 3.91. The summed E-state index contributed by atoms with van der Waals surface area (Å²) in [6.45, 7) is 0. The summed E-state index contributed by atoms with van der Waals surface area (Å²) < 4.78 is 2.06. The summed E-state index contributed by atoms with van der Waals surface area (Å²) in [4.78, 5) is 0. The minimum absolute atomic E-state index is 0.582. The maximum absolute atomic E-state index is 10.0. The molecule has 92 valence electrons. The fraction of sp³-hybridized carbons (Fsp3) is 0.0667. The molecule has 0 saturated heterocycles. The Hall–Kier alpha value is -0.900. The van der Waals surface area contributed by atoms with Gasteiger partial charge in [-0.2, -0.15) is 0 Å². The number of aliphatic hydroxyl groups excluding tert-OH is 1. The number of aliphatic hydroxyl groups is 1. The first-order chi connectivity index (χ1) is 8.65. The predicted molar refractivity (Wildman–Crippen MR) is 82.3 cm³/mol. The molecule has 1 unspecified atom stereocenters. The average molecular weight is 368 g/mol. The average Bonchev–Trinajstić information content (AvgIpc) is 2.38. The van der Waals surface area contributed by atoms with Gasteiger partial charge in [0.15, 0.2) is 0 Å². The molecule has 18 heavy (non-hydrogen) atoms. The van der Waals surface area contributed by atoms with Gasteiger partial charge < -0.3 is 5.11 Å². The molecule has 0 aliphatic rings. The second-order valence-corrected chi connectivity index (χ2v) is 5.74. The highest BCUT2D eigenvalue weighted by Crippen LogP contribution is 2.19. The van der Waals surface area contributed by atoms with Crippen LogP contribution >= 0.6 is 31.9 Å². The van der Waals surface area contributed by atoms with Crippen molar-refractivity contribution in [3.8, 4) is 0 Å². The maximum Gasteiger partial charge on any atom is 0.0975 e. The van der Waals surface area contributed by atoms with E-state index in [4.69, 9.17) is 0 Å². The van der Waals surface area contributed by atoms with E-state index in [0.29, 0.717) is 0 Å². The first-order valence-electron chi connectivity index (χ1n) is 5.52. The third-order valence-corrected chi connectivity index (χ3v) is 3.61. The van der Waals surface area contributed by atoms with Gasteiger partial charge in [-0.3, -0.25) is 0 Å². The van der Waals surface area contributed by atoms with Gasteiger partial charge in [-0.25, -0.2) is 0 Å². The normalized spacial score (nSPS) is 12.8. The Morgan fingerprint density at radius 2 is 1.33 bits per heavy atom. The Balaban J connectivity index is 2.08. The molecule has 0 heterocycles. The molecule has 0 spiro atoms. The van der Waals surface area contributed by atoms with Crippen LogP contribution in [0.5, 0.6) is 0 Å². The molecule has 0 bridgehead atoms. The second kappa shape index (κ2) is 6.32. The van der Waals surface area contributed by atoms with Gasteiger partial charge in [0, 0.05) is 8.95 Å². The highest BCUT2D eigenvalue weighted by molar-refractivity contribution is 9.10. The molecule has 1 nitrogen and oxygen atoms in total. The van der Waals surface area contributed by atoms with Crippen molar-refractivity contribution in [1.29, 1.82) is 0 Å². The Kier molecular flexibility index (Phi) is 4.75. The number of halogens is 2. The molecule has 3 heteroatoms. The van der Waals surface area contributed by atoms with E-state index in [9.17, 15) is 5.11 Å². The molecule has 0 aliphatic heterocycles. The summed E-state index contributed by atoms with van der Waals surface area (Å²) in [6, 6.07) is 15.6. The first-order valence-corrected chi connectivity index (χ1v) is 7.11. The largest absolute Gasteiger partial charge is 0.384 e. The Labute approximate surface area is 123 Å². The van der Waals surface area contributed by atoms with Crippen molar-refractivity contribution in [2.24, 2.45) is 0 Å². The van der Waals surface area contributed by atoms with Crippen molar-refractivity contribution >= 4 is 37.9 Å². The van der Waals surface area contributed by atoms with Gasteiger partial charge in [0.2, 0.25) is 0 Å². The zero-order chi connectivity index (χ0) is 13.0. The van der Waals surface area contributed by atoms with Crippen molar-refractivity contribution in [3.63, 3.8) is 0 Å². The van der Waals surface area contributed by atoms with E-state index >= 15 is 0 Å². The van der Waals surface area contributed by atoms with Gasteiger partial charge in [0.05, 0.1) is 6.10 Å². The lowest BCUT2D eigenvalue weighted by molar-refractivity contribution is 0.229. The molecule has 0 fully saturated rings. The third-order valence-electron chi connectivity index (χ3n) is 2.55. The lowest BCUT2D eigenvalue weighted by Crippen LogP contribution is -1.91.